The number of hydrogen-bond acceptors (Lipinski definition) is 10. The second-order valence-corrected chi connectivity index (χ2v) is 9.48. The Morgan fingerprint density at radius 3 is 2.28 bits per heavy atom. The van der Waals surface area contributed by atoms with Crippen LogP contribution in [0, 0.1) is 6.92 Å². The summed E-state index contributed by atoms with van der Waals surface area (Å²) in [6.45, 7) is 2.06. The zero-order valence-corrected chi connectivity index (χ0v) is 24.4. The van der Waals surface area contributed by atoms with Crippen LogP contribution in [0.1, 0.15) is 27.4 Å². The molecule has 5 rings (SSSR count). The van der Waals surface area contributed by atoms with Crippen molar-refractivity contribution in [3.63, 3.8) is 0 Å². The lowest BCUT2D eigenvalue weighted by atomic mass is 9.97. The van der Waals surface area contributed by atoms with E-state index >= 15 is 0 Å². The number of aromatic nitrogens is 4. The number of esters is 1. The van der Waals surface area contributed by atoms with Gasteiger partial charge in [-0.15, -0.1) is 0 Å². The highest BCUT2D eigenvalue weighted by Gasteiger charge is 2.27. The van der Waals surface area contributed by atoms with Gasteiger partial charge in [-0.05, 0) is 60.5 Å². The van der Waals surface area contributed by atoms with Crippen LogP contribution in [0.5, 0.6) is 23.1 Å². The van der Waals surface area contributed by atoms with Crippen molar-refractivity contribution in [2.45, 2.75) is 20.1 Å². The maximum Gasteiger partial charge on any atom is 0.355 e. The maximum atomic E-state index is 14.2. The van der Waals surface area contributed by atoms with Crippen molar-refractivity contribution in [2.24, 2.45) is 0 Å². The number of aryl methyl sites for hydroxylation is 1. The third-order valence-corrected chi connectivity index (χ3v) is 6.82. The number of methoxy groups -OCH3 is 4. The van der Waals surface area contributed by atoms with Gasteiger partial charge in [-0.25, -0.2) is 9.78 Å². The monoisotopic (exact) mass is 582 g/mol. The summed E-state index contributed by atoms with van der Waals surface area (Å²) in [5.74, 6) is 0.631. The van der Waals surface area contributed by atoms with Crippen LogP contribution in [0.25, 0.3) is 22.0 Å². The summed E-state index contributed by atoms with van der Waals surface area (Å²) in [6.07, 6.45) is 3.32. The number of nitrogens with zero attached hydrogens (tertiary/aromatic N) is 4. The first-order valence-electron chi connectivity index (χ1n) is 13.3. The van der Waals surface area contributed by atoms with Crippen LogP contribution in [0.15, 0.2) is 71.8 Å². The zero-order valence-electron chi connectivity index (χ0n) is 24.4. The van der Waals surface area contributed by atoms with E-state index in [-0.39, 0.29) is 30.2 Å². The molecule has 43 heavy (non-hydrogen) atoms. The summed E-state index contributed by atoms with van der Waals surface area (Å²) < 4.78 is 29.2. The number of benzene rings is 1. The van der Waals surface area contributed by atoms with Crippen molar-refractivity contribution in [1.82, 2.24) is 19.5 Å². The van der Waals surface area contributed by atoms with Gasteiger partial charge in [0.1, 0.15) is 17.8 Å². The molecule has 0 aliphatic carbocycles. The Bertz CT molecular complexity index is 1830. The van der Waals surface area contributed by atoms with E-state index in [1.807, 2.05) is 31.2 Å². The molecule has 0 N–H and O–H groups in total. The number of pyridine rings is 4. The minimum absolute atomic E-state index is 0.0349. The largest absolute Gasteiger partial charge is 0.493 e. The van der Waals surface area contributed by atoms with E-state index < -0.39 is 11.5 Å². The Balaban J connectivity index is 1.81. The highest BCUT2D eigenvalue weighted by Crippen LogP contribution is 2.43. The first-order valence-corrected chi connectivity index (χ1v) is 13.3. The molecular weight excluding hydrogens is 552 g/mol. The third-order valence-electron chi connectivity index (χ3n) is 6.82. The van der Waals surface area contributed by atoms with Gasteiger partial charge in [-0.1, -0.05) is 6.07 Å². The fourth-order valence-electron chi connectivity index (χ4n) is 4.87. The van der Waals surface area contributed by atoms with Crippen molar-refractivity contribution in [2.75, 3.05) is 28.4 Å². The fraction of sp³-hybridized carbons (Fsp3) is 0.219. The van der Waals surface area contributed by atoms with Gasteiger partial charge < -0.3 is 23.7 Å². The normalized spacial score (nSPS) is 10.8. The summed E-state index contributed by atoms with van der Waals surface area (Å²) in [7, 11) is 5.77. The molecule has 0 unspecified atom stereocenters. The van der Waals surface area contributed by atoms with Crippen molar-refractivity contribution in [1.29, 1.82) is 0 Å². The van der Waals surface area contributed by atoms with E-state index in [0.29, 0.717) is 39.5 Å². The quantitative estimate of drug-likeness (QED) is 0.216. The SMILES string of the molecule is COC(=O)c1c(-c2cc(OC)c(OC)c(OC)c2)c2ccc(OCc3ccccn3)nc2c(=O)n1Cc1ccnc(C)c1. The zero-order chi connectivity index (χ0) is 30.5. The number of ether oxygens (including phenoxy) is 5. The summed E-state index contributed by atoms with van der Waals surface area (Å²) in [6, 6.07) is 15.9. The average molecular weight is 583 g/mol. The molecule has 4 heterocycles. The van der Waals surface area contributed by atoms with Crippen LogP contribution in [-0.2, 0) is 17.9 Å². The molecule has 0 aliphatic rings. The van der Waals surface area contributed by atoms with Crippen LogP contribution in [0.4, 0.5) is 0 Å². The van der Waals surface area contributed by atoms with Crippen molar-refractivity contribution in [3.05, 3.63) is 100.0 Å². The molecule has 0 bridgehead atoms. The Kier molecular flexibility index (Phi) is 8.51. The first-order chi connectivity index (χ1) is 20.9. The van der Waals surface area contributed by atoms with E-state index in [0.717, 1.165) is 11.3 Å². The Morgan fingerprint density at radius 2 is 1.65 bits per heavy atom. The summed E-state index contributed by atoms with van der Waals surface area (Å²) >= 11 is 0. The number of carbonyl (C=O) groups is 1. The lowest BCUT2D eigenvalue weighted by Crippen LogP contribution is -2.29. The van der Waals surface area contributed by atoms with E-state index in [4.69, 9.17) is 23.7 Å². The smallest absolute Gasteiger partial charge is 0.355 e. The highest BCUT2D eigenvalue weighted by molar-refractivity contribution is 6.06. The molecule has 0 aliphatic heterocycles. The molecule has 5 aromatic rings. The molecule has 1 aromatic carbocycles. The molecule has 0 saturated heterocycles. The molecule has 0 atom stereocenters. The minimum atomic E-state index is -0.705. The number of hydrogen-bond donors (Lipinski definition) is 0. The Morgan fingerprint density at radius 1 is 0.884 bits per heavy atom. The molecule has 4 aromatic heterocycles. The van der Waals surface area contributed by atoms with E-state index in [2.05, 4.69) is 15.0 Å². The molecule has 11 nitrogen and oxygen atoms in total. The molecule has 0 amide bonds. The van der Waals surface area contributed by atoms with Gasteiger partial charge in [0.25, 0.3) is 5.56 Å². The van der Waals surface area contributed by atoms with Gasteiger partial charge in [-0.2, -0.15) is 0 Å². The highest BCUT2D eigenvalue weighted by atomic mass is 16.5. The second kappa shape index (κ2) is 12.6. The van der Waals surface area contributed by atoms with Crippen LogP contribution >= 0.6 is 0 Å². The molecule has 220 valence electrons. The third kappa shape index (κ3) is 5.82. The van der Waals surface area contributed by atoms with Gasteiger partial charge in [0, 0.05) is 35.1 Å². The second-order valence-electron chi connectivity index (χ2n) is 9.48. The maximum absolute atomic E-state index is 14.2. The predicted molar refractivity (Wildman–Crippen MR) is 159 cm³/mol. The summed E-state index contributed by atoms with van der Waals surface area (Å²) in [5, 5.41) is 0.409. The lowest BCUT2D eigenvalue weighted by molar-refractivity contribution is 0.0588. The van der Waals surface area contributed by atoms with Crippen molar-refractivity contribution >= 4 is 16.9 Å². The van der Waals surface area contributed by atoms with Crippen molar-refractivity contribution < 1.29 is 28.5 Å². The van der Waals surface area contributed by atoms with Crippen LogP contribution < -0.4 is 24.5 Å². The number of rotatable bonds is 10. The molecular formula is C32H30N4O7. The fourth-order valence-corrected chi connectivity index (χ4v) is 4.87. The van der Waals surface area contributed by atoms with Gasteiger partial charge in [0.15, 0.2) is 11.5 Å². The summed E-state index contributed by atoms with van der Waals surface area (Å²) in [5.41, 5.74) is 2.78. The van der Waals surface area contributed by atoms with Crippen LogP contribution in [0.3, 0.4) is 0 Å². The first kappa shape index (κ1) is 29.1. The topological polar surface area (TPSA) is 124 Å². The van der Waals surface area contributed by atoms with E-state index in [9.17, 15) is 9.59 Å². The molecule has 0 fully saturated rings. The molecule has 0 saturated carbocycles. The lowest BCUT2D eigenvalue weighted by Gasteiger charge is -2.20. The van der Waals surface area contributed by atoms with E-state index in [1.54, 1.807) is 42.7 Å². The van der Waals surface area contributed by atoms with Gasteiger partial charge >= 0.3 is 5.97 Å². The molecule has 0 radical (unpaired) electrons. The van der Waals surface area contributed by atoms with Crippen LogP contribution in [0.2, 0.25) is 0 Å². The van der Waals surface area contributed by atoms with E-state index in [1.165, 1.54) is 33.0 Å². The predicted octanol–water partition coefficient (Wildman–Crippen LogP) is 4.60. The average Bonchev–Trinajstić information content (AvgIpc) is 3.04. The molecule has 11 heteroatoms. The standard InChI is InChI=1S/C32H30N4O7/c1-19-14-20(11-13-33-19)17-36-29(32(38)42-5)27(21-15-24(39-2)30(41-4)25(16-21)40-3)23-9-10-26(35-28(23)31(36)37)43-18-22-8-6-7-12-34-22/h6-16H,17-18H2,1-5H3. The van der Waals surface area contributed by atoms with Crippen molar-refractivity contribution in [3.8, 4) is 34.3 Å². The number of fused-ring (bicyclic) bond motifs is 1. The van der Waals surface area contributed by atoms with Gasteiger partial charge in [-0.3, -0.25) is 19.3 Å². The Hall–Kier alpha value is -5.45. The summed E-state index contributed by atoms with van der Waals surface area (Å²) in [4.78, 5) is 40.8. The van der Waals surface area contributed by atoms with Gasteiger partial charge in [0.2, 0.25) is 11.6 Å². The Labute approximate surface area is 247 Å². The van der Waals surface area contributed by atoms with Gasteiger partial charge in [0.05, 0.1) is 40.7 Å². The molecule has 0 spiro atoms. The minimum Gasteiger partial charge on any atom is -0.493 e. The van der Waals surface area contributed by atoms with Crippen LogP contribution in [-0.4, -0.2) is 53.9 Å². The number of carbonyl (C=O) groups excluding carboxylic acids is 1.